The summed E-state index contributed by atoms with van der Waals surface area (Å²) in [7, 11) is 3.28. The Labute approximate surface area is 333 Å². The van der Waals surface area contributed by atoms with Gasteiger partial charge in [-0.1, -0.05) is 58.6 Å². The van der Waals surface area contributed by atoms with Gasteiger partial charge in [0.1, 0.15) is 23.4 Å². The Bertz CT molecular complexity index is 1900. The van der Waals surface area contributed by atoms with Crippen molar-refractivity contribution in [1.82, 2.24) is 5.32 Å². The van der Waals surface area contributed by atoms with Crippen molar-refractivity contribution in [2.24, 2.45) is 17.8 Å². The Morgan fingerprint density at radius 2 is 1.93 bits per heavy atom. The number of aliphatic hydroxyl groups is 6. The number of aryl methyl sites for hydroxylation is 1. The van der Waals surface area contributed by atoms with Crippen molar-refractivity contribution in [1.29, 1.82) is 0 Å². The van der Waals surface area contributed by atoms with Gasteiger partial charge in [0.2, 0.25) is 5.75 Å². The molecule has 2 aromatic rings. The highest BCUT2D eigenvalue weighted by Crippen LogP contribution is 2.68. The molecule has 1 aromatic carbocycles. The number of rotatable bonds is 6. The standard InChI is InChI=1S/C41H53NO12S2/c1-2-50-30(46)11-8-23-16-24-12-15-51-32(24)34-33(23)53-40-18-26-6-9-27(52-34)19-42-21-37(13-4-3-5-14-37)56-55-35(26)39(22-44,54-40)38(48)17-25-7-10-29(45)28(20-43)31(25)41(40,49)36(38)47/h7,10,12,15-16,18,25,27-29,31,35-36,42-45,47-49H,2-6,8-9,11,13-14,17,19-22H2,1H3/t25-,27+,28+,29-,31+,35-,36+,38+,39+,40-,41-/m1/s1. The highest BCUT2D eigenvalue weighted by Gasteiger charge is 2.84. The molecule has 0 radical (unpaired) electrons. The predicted octanol–water partition coefficient (Wildman–Crippen LogP) is 3.30. The van der Waals surface area contributed by atoms with E-state index >= 15 is 0 Å². The van der Waals surface area contributed by atoms with Crippen molar-refractivity contribution < 1.29 is 58.8 Å². The first kappa shape index (κ1) is 39.2. The summed E-state index contributed by atoms with van der Waals surface area (Å²) in [6.45, 7) is 1.91. The van der Waals surface area contributed by atoms with Gasteiger partial charge in [-0.2, -0.15) is 0 Å². The second-order valence-electron chi connectivity index (χ2n) is 17.0. The highest BCUT2D eigenvalue weighted by atomic mass is 33.1. The number of furan rings is 1. The minimum atomic E-state index is -2.51. The van der Waals surface area contributed by atoms with Crippen molar-refractivity contribution in [2.45, 2.75) is 122 Å². The molecule has 0 amide bonds. The fraction of sp³-hybridized carbons (Fsp3) is 0.683. The number of fused-ring (bicyclic) bond motifs is 12. The third-order valence-corrected chi connectivity index (χ3v) is 17.7. The van der Waals surface area contributed by atoms with Gasteiger partial charge in [-0.25, -0.2) is 0 Å². The van der Waals surface area contributed by atoms with Crippen LogP contribution in [0.4, 0.5) is 0 Å². The van der Waals surface area contributed by atoms with Crippen LogP contribution in [0.15, 0.2) is 46.6 Å². The molecule has 56 heavy (non-hydrogen) atoms. The Morgan fingerprint density at radius 3 is 2.70 bits per heavy atom. The third kappa shape index (κ3) is 5.70. The second-order valence-corrected chi connectivity index (χ2v) is 19.7. The van der Waals surface area contributed by atoms with Gasteiger partial charge < -0.3 is 59.3 Å². The van der Waals surface area contributed by atoms with Crippen molar-refractivity contribution in [2.75, 3.05) is 32.9 Å². The van der Waals surface area contributed by atoms with Crippen molar-refractivity contribution in [3.8, 4) is 11.5 Å². The Kier molecular flexibility index (Phi) is 10.1. The summed E-state index contributed by atoms with van der Waals surface area (Å²) in [6.07, 6.45) is 9.15. The van der Waals surface area contributed by atoms with Gasteiger partial charge >= 0.3 is 5.97 Å². The molecule has 4 fully saturated rings. The Morgan fingerprint density at radius 1 is 1.11 bits per heavy atom. The quantitative estimate of drug-likeness (QED) is 0.127. The number of nitrogens with one attached hydrogen (secondary N) is 1. The first-order valence-corrected chi connectivity index (χ1v) is 22.4. The van der Waals surface area contributed by atoms with Crippen LogP contribution in [0.3, 0.4) is 0 Å². The molecule has 2 saturated heterocycles. The van der Waals surface area contributed by atoms with E-state index in [0.717, 1.165) is 37.7 Å². The van der Waals surface area contributed by atoms with Gasteiger partial charge in [0.15, 0.2) is 16.9 Å². The smallest absolute Gasteiger partial charge is 0.306 e. The molecule has 11 atom stereocenters. The number of ether oxygens (including phenoxy) is 4. The molecule has 7 N–H and O–H groups in total. The normalized spacial score (nSPS) is 41.1. The third-order valence-electron chi connectivity index (χ3n) is 13.9. The van der Waals surface area contributed by atoms with Crippen LogP contribution in [0, 0.1) is 17.8 Å². The minimum Gasteiger partial charge on any atom is -0.482 e. The number of benzene rings is 1. The lowest BCUT2D eigenvalue weighted by Crippen LogP contribution is -2.91. The van der Waals surface area contributed by atoms with E-state index in [4.69, 9.17) is 23.4 Å². The van der Waals surface area contributed by atoms with Crippen LogP contribution in [0.25, 0.3) is 11.0 Å². The fourth-order valence-electron chi connectivity index (χ4n) is 11.1. The van der Waals surface area contributed by atoms with Gasteiger partial charge in [-0.05, 0) is 75.1 Å². The molecule has 5 heterocycles. The van der Waals surface area contributed by atoms with Crippen LogP contribution in [0.5, 0.6) is 11.5 Å². The monoisotopic (exact) mass is 815 g/mol. The lowest BCUT2D eigenvalue weighted by molar-refractivity contribution is -0.451. The predicted molar refractivity (Wildman–Crippen MR) is 208 cm³/mol. The first-order valence-electron chi connectivity index (χ1n) is 20.2. The molecule has 1 aromatic heterocycles. The molecule has 2 saturated carbocycles. The SMILES string of the molecule is CCOC(=O)CCc1cc2ccoc2c2c1O[C@]13C=C4CC[C@@H](CNCC5(CCCCC5)SS[C@H]4[C@](CO)(O1)[C@]1(O)C[C@H]4C=C[C@@H](O)[C@H](CO)[C@H]4[C@@]3(O)[C@H]1O)O2. The van der Waals surface area contributed by atoms with E-state index in [1.54, 1.807) is 59.1 Å². The summed E-state index contributed by atoms with van der Waals surface area (Å²) in [5, 5.41) is 77.2. The molecule has 0 unspecified atom stereocenters. The van der Waals surface area contributed by atoms with Gasteiger partial charge in [0.25, 0.3) is 5.79 Å². The van der Waals surface area contributed by atoms with Crippen LogP contribution >= 0.6 is 21.6 Å². The first-order chi connectivity index (χ1) is 27.0. The summed E-state index contributed by atoms with van der Waals surface area (Å²) in [5.41, 5.74) is -4.97. The maximum atomic E-state index is 13.6. The minimum absolute atomic E-state index is 0.00750. The molecule has 9 rings (SSSR count). The van der Waals surface area contributed by atoms with Gasteiger partial charge in [-0.15, -0.1) is 0 Å². The number of carbonyl (C=O) groups excluding carboxylic acids is 1. The van der Waals surface area contributed by atoms with Crippen LogP contribution in [-0.2, 0) is 20.7 Å². The molecule has 7 aliphatic rings. The average Bonchev–Trinajstić information content (AvgIpc) is 3.66. The Balaban J connectivity index is 1.32. The van der Waals surface area contributed by atoms with E-state index in [9.17, 15) is 35.4 Å². The summed E-state index contributed by atoms with van der Waals surface area (Å²) < 4.78 is 32.6. The summed E-state index contributed by atoms with van der Waals surface area (Å²) in [6, 6.07) is 3.62. The van der Waals surface area contributed by atoms with Crippen LogP contribution in [-0.4, -0.2) is 120 Å². The van der Waals surface area contributed by atoms with E-state index in [-0.39, 0.29) is 42.1 Å². The molecule has 306 valence electrons. The van der Waals surface area contributed by atoms with E-state index in [0.29, 0.717) is 42.5 Å². The van der Waals surface area contributed by atoms with Gasteiger partial charge in [0, 0.05) is 48.1 Å². The Hall–Kier alpha value is -2.31. The zero-order valence-electron chi connectivity index (χ0n) is 31.6. The molecule has 3 aliphatic carbocycles. The maximum Gasteiger partial charge on any atom is 0.306 e. The van der Waals surface area contributed by atoms with Gasteiger partial charge in [-0.3, -0.25) is 4.79 Å². The van der Waals surface area contributed by atoms with Crippen LogP contribution in [0.1, 0.15) is 70.3 Å². The second kappa shape index (κ2) is 14.5. The lowest BCUT2D eigenvalue weighted by Gasteiger charge is -2.72. The molecule has 15 heteroatoms. The van der Waals surface area contributed by atoms with E-state index in [2.05, 4.69) is 5.32 Å². The molecule has 6 bridgehead atoms. The lowest BCUT2D eigenvalue weighted by atomic mass is 9.47. The van der Waals surface area contributed by atoms with E-state index in [1.807, 2.05) is 6.07 Å². The highest BCUT2D eigenvalue weighted by molar-refractivity contribution is 8.77. The number of hydrogen-bond acceptors (Lipinski definition) is 15. The number of carbonyl (C=O) groups is 1. The van der Waals surface area contributed by atoms with Gasteiger partial charge in [0.05, 0.1) is 30.8 Å². The van der Waals surface area contributed by atoms with E-state index in [1.165, 1.54) is 0 Å². The summed E-state index contributed by atoms with van der Waals surface area (Å²) in [5.74, 6) is -5.13. The summed E-state index contributed by atoms with van der Waals surface area (Å²) >= 11 is 0. The van der Waals surface area contributed by atoms with E-state index < -0.39 is 83.1 Å². The maximum absolute atomic E-state index is 13.6. The van der Waals surface area contributed by atoms with Crippen LogP contribution < -0.4 is 14.8 Å². The number of allylic oxidation sites excluding steroid dienone is 1. The molecular weight excluding hydrogens is 763 g/mol. The molecule has 4 aliphatic heterocycles. The number of esters is 1. The van der Waals surface area contributed by atoms with Crippen LogP contribution in [0.2, 0.25) is 0 Å². The van der Waals surface area contributed by atoms with Crippen molar-refractivity contribution >= 4 is 38.5 Å². The zero-order valence-corrected chi connectivity index (χ0v) is 33.2. The number of hydrogen-bond donors (Lipinski definition) is 7. The number of aliphatic hydroxyl groups excluding tert-OH is 4. The average molecular weight is 816 g/mol. The largest absolute Gasteiger partial charge is 0.482 e. The van der Waals surface area contributed by atoms with Crippen molar-refractivity contribution in [3.63, 3.8) is 0 Å². The van der Waals surface area contributed by atoms with Crippen molar-refractivity contribution in [3.05, 3.63) is 47.8 Å². The molecular formula is C41H53NO12S2. The topological polar surface area (TPSA) is 201 Å². The summed E-state index contributed by atoms with van der Waals surface area (Å²) in [4.78, 5) is 12.8. The molecule has 2 spiro atoms. The zero-order chi connectivity index (χ0) is 39.1. The molecule has 13 nitrogen and oxygen atoms in total. The fourth-order valence-corrected chi connectivity index (χ4v) is 15.2.